The van der Waals surface area contributed by atoms with E-state index in [1.807, 2.05) is 45.9 Å². The molecule has 0 saturated carbocycles. The fraction of sp³-hybridized carbons (Fsp3) is 0.278. The Morgan fingerprint density at radius 1 is 0.667 bits per heavy atom. The zero-order valence-corrected chi connectivity index (χ0v) is 23.5. The number of rotatable bonds is 0. The van der Waals surface area contributed by atoms with E-state index in [1.165, 1.54) is 61.2 Å². The molecule has 36 heavy (non-hydrogen) atoms. The molecule has 0 heteroatoms. The van der Waals surface area contributed by atoms with Crippen LogP contribution in [-0.4, -0.2) is 0 Å². The van der Waals surface area contributed by atoms with E-state index >= 15 is 0 Å². The van der Waals surface area contributed by atoms with Crippen LogP contribution in [0.2, 0.25) is 0 Å². The Bertz CT molecular complexity index is 1330. The molecule has 0 saturated heterocycles. The summed E-state index contributed by atoms with van der Waals surface area (Å²) in [7, 11) is 0. The molecule has 186 valence electrons. The molecular weight excluding hydrogens is 432 g/mol. The zero-order valence-electron chi connectivity index (χ0n) is 23.5. The number of allylic oxidation sites excluding steroid dienone is 1. The number of hydrogen-bond donors (Lipinski definition) is 0. The lowest BCUT2D eigenvalue weighted by molar-refractivity contribution is 0.661. The van der Waals surface area contributed by atoms with Crippen LogP contribution in [0.25, 0.3) is 22.3 Å². The molecule has 0 bridgehead atoms. The third-order valence-corrected chi connectivity index (χ3v) is 6.66. The molecule has 2 aliphatic carbocycles. The van der Waals surface area contributed by atoms with Crippen molar-refractivity contribution >= 4 is 0 Å². The van der Waals surface area contributed by atoms with E-state index in [-0.39, 0.29) is 5.41 Å². The third kappa shape index (κ3) is 5.54. The SMILES string of the molecule is C=C(C)C.CC.Cc1ccc2c(c1)C(C)(C)c1c-2ccc2c1-c1ccccc1C2.Cc1ccccc1. The highest BCUT2D eigenvalue weighted by molar-refractivity contribution is 5.92. The Morgan fingerprint density at radius 2 is 1.25 bits per heavy atom. The third-order valence-electron chi connectivity index (χ3n) is 6.66. The van der Waals surface area contributed by atoms with Crippen LogP contribution in [0.5, 0.6) is 0 Å². The van der Waals surface area contributed by atoms with Gasteiger partial charge in [-0.1, -0.05) is 129 Å². The van der Waals surface area contributed by atoms with Gasteiger partial charge in [0, 0.05) is 5.41 Å². The molecule has 0 spiro atoms. The highest BCUT2D eigenvalue weighted by Crippen LogP contribution is 2.55. The maximum absolute atomic E-state index is 3.56. The van der Waals surface area contributed by atoms with Crippen molar-refractivity contribution < 1.29 is 0 Å². The van der Waals surface area contributed by atoms with Gasteiger partial charge in [-0.05, 0) is 78.6 Å². The van der Waals surface area contributed by atoms with Crippen LogP contribution < -0.4 is 0 Å². The van der Waals surface area contributed by atoms with E-state index in [1.54, 1.807) is 0 Å². The molecule has 0 amide bonds. The molecule has 0 heterocycles. The van der Waals surface area contributed by atoms with Crippen LogP contribution in [0.4, 0.5) is 0 Å². The van der Waals surface area contributed by atoms with Crippen molar-refractivity contribution in [2.75, 3.05) is 0 Å². The number of fused-ring (bicyclic) bond motifs is 7. The fourth-order valence-corrected chi connectivity index (χ4v) is 5.18. The quantitative estimate of drug-likeness (QED) is 0.196. The topological polar surface area (TPSA) is 0 Å². The lowest BCUT2D eigenvalue weighted by Gasteiger charge is -2.25. The van der Waals surface area contributed by atoms with Crippen molar-refractivity contribution in [2.24, 2.45) is 0 Å². The normalized spacial score (nSPS) is 12.7. The van der Waals surface area contributed by atoms with Crippen LogP contribution in [0.1, 0.15) is 74.9 Å². The number of benzene rings is 4. The summed E-state index contributed by atoms with van der Waals surface area (Å²) in [5.41, 5.74) is 15.7. The van der Waals surface area contributed by atoms with E-state index in [0.717, 1.165) is 6.42 Å². The van der Waals surface area contributed by atoms with Crippen molar-refractivity contribution in [1.82, 2.24) is 0 Å². The van der Waals surface area contributed by atoms with Gasteiger partial charge in [0.05, 0.1) is 0 Å². The molecule has 0 radical (unpaired) electrons. The van der Waals surface area contributed by atoms with E-state index in [2.05, 4.69) is 101 Å². The Balaban J connectivity index is 0.000000232. The summed E-state index contributed by atoms with van der Waals surface area (Å²) in [6.07, 6.45) is 1.07. The first-order chi connectivity index (χ1) is 17.2. The maximum atomic E-state index is 3.56. The van der Waals surface area contributed by atoms with E-state index in [4.69, 9.17) is 0 Å². The monoisotopic (exact) mass is 474 g/mol. The van der Waals surface area contributed by atoms with Gasteiger partial charge >= 0.3 is 0 Å². The molecule has 0 aromatic heterocycles. The first-order valence-electron chi connectivity index (χ1n) is 13.2. The van der Waals surface area contributed by atoms with E-state index in [0.29, 0.717) is 0 Å². The first kappa shape index (κ1) is 27.2. The van der Waals surface area contributed by atoms with Crippen LogP contribution in [0, 0.1) is 13.8 Å². The van der Waals surface area contributed by atoms with E-state index in [9.17, 15) is 0 Å². The highest BCUT2D eigenvalue weighted by atomic mass is 14.4. The Labute approximate surface area is 219 Å². The maximum Gasteiger partial charge on any atom is 0.0165 e. The standard InChI is InChI=1S/C23H20.C7H8.C4H8.C2H6/c1-14-8-10-18-19-11-9-16-13-15-6-4-5-7-17(15)21(16)22(19)23(2,3)20(18)12-14;1-7-5-3-2-4-6-7;1-4(2)3;1-2/h4-12H,13H2,1-3H3;2-6H,1H3;1H2,2-3H3;1-2H3. The van der Waals surface area contributed by atoms with Gasteiger partial charge in [-0.15, -0.1) is 6.58 Å². The molecule has 0 N–H and O–H groups in total. The van der Waals surface area contributed by atoms with Crippen LogP contribution >= 0.6 is 0 Å². The van der Waals surface area contributed by atoms with Gasteiger partial charge in [0.2, 0.25) is 0 Å². The summed E-state index contributed by atoms with van der Waals surface area (Å²) >= 11 is 0. The Hall–Kier alpha value is -3.38. The first-order valence-corrected chi connectivity index (χ1v) is 13.2. The molecule has 4 aromatic carbocycles. The van der Waals surface area contributed by atoms with Crippen molar-refractivity contribution in [3.63, 3.8) is 0 Å². The summed E-state index contributed by atoms with van der Waals surface area (Å²) < 4.78 is 0. The second-order valence-corrected chi connectivity index (χ2v) is 10.4. The lowest BCUT2D eigenvalue weighted by atomic mass is 9.78. The Kier molecular flexibility index (Phi) is 8.75. The summed E-state index contributed by atoms with van der Waals surface area (Å²) in [6.45, 7) is 20.6. The molecule has 6 rings (SSSR count). The van der Waals surface area contributed by atoms with Gasteiger partial charge in [0.15, 0.2) is 0 Å². The molecule has 0 nitrogen and oxygen atoms in total. The second-order valence-electron chi connectivity index (χ2n) is 10.4. The summed E-state index contributed by atoms with van der Waals surface area (Å²) in [6, 6.07) is 30.8. The second kappa shape index (κ2) is 11.6. The highest BCUT2D eigenvalue weighted by Gasteiger charge is 2.39. The van der Waals surface area contributed by atoms with Gasteiger partial charge < -0.3 is 0 Å². The molecule has 0 unspecified atom stereocenters. The average Bonchev–Trinajstić information content (AvgIpc) is 3.33. The minimum Gasteiger partial charge on any atom is -0.100 e. The van der Waals surface area contributed by atoms with Gasteiger partial charge in [0.25, 0.3) is 0 Å². The van der Waals surface area contributed by atoms with Gasteiger partial charge in [0.1, 0.15) is 0 Å². The predicted octanol–water partition coefficient (Wildman–Crippen LogP) is 10.5. The van der Waals surface area contributed by atoms with E-state index < -0.39 is 0 Å². The van der Waals surface area contributed by atoms with Crippen molar-refractivity contribution in [3.05, 3.63) is 130 Å². The Morgan fingerprint density at radius 3 is 1.86 bits per heavy atom. The van der Waals surface area contributed by atoms with Crippen molar-refractivity contribution in [1.29, 1.82) is 0 Å². The number of hydrogen-bond acceptors (Lipinski definition) is 0. The van der Waals surface area contributed by atoms with Gasteiger partial charge in [-0.2, -0.15) is 0 Å². The molecule has 0 fully saturated rings. The minimum atomic E-state index is 0.0689. The fourth-order valence-electron chi connectivity index (χ4n) is 5.18. The van der Waals surface area contributed by atoms with Crippen LogP contribution in [0.15, 0.2) is 97.1 Å². The smallest absolute Gasteiger partial charge is 0.0165 e. The minimum absolute atomic E-state index is 0.0689. The summed E-state index contributed by atoms with van der Waals surface area (Å²) in [5, 5.41) is 0. The average molecular weight is 475 g/mol. The zero-order chi connectivity index (χ0) is 26.5. The van der Waals surface area contributed by atoms with Crippen molar-refractivity contribution in [2.45, 2.75) is 67.2 Å². The van der Waals surface area contributed by atoms with Crippen LogP contribution in [-0.2, 0) is 11.8 Å². The molecule has 4 aromatic rings. The van der Waals surface area contributed by atoms with Crippen molar-refractivity contribution in [3.8, 4) is 22.3 Å². The summed E-state index contributed by atoms with van der Waals surface area (Å²) in [5.74, 6) is 0. The largest absolute Gasteiger partial charge is 0.100 e. The molecular formula is C36H42. The van der Waals surface area contributed by atoms with Gasteiger partial charge in [-0.3, -0.25) is 0 Å². The molecule has 2 aliphatic rings. The predicted molar refractivity (Wildman–Crippen MR) is 160 cm³/mol. The molecule has 0 aliphatic heterocycles. The van der Waals surface area contributed by atoms with Gasteiger partial charge in [-0.25, -0.2) is 0 Å². The van der Waals surface area contributed by atoms with Crippen LogP contribution in [0.3, 0.4) is 0 Å². The number of aryl methyl sites for hydroxylation is 2. The lowest BCUT2D eigenvalue weighted by Crippen LogP contribution is -2.16. The molecule has 0 atom stereocenters. The summed E-state index contributed by atoms with van der Waals surface area (Å²) in [4.78, 5) is 0.